The molecule has 1 fully saturated rings. The molecule has 1 aromatic heterocycles. The molecule has 2 aromatic rings. The summed E-state index contributed by atoms with van der Waals surface area (Å²) in [6, 6.07) is 4.92. The van der Waals surface area contributed by atoms with Crippen molar-refractivity contribution in [3.8, 4) is 0 Å². The fourth-order valence-corrected chi connectivity index (χ4v) is 4.38. The molecule has 0 spiro atoms. The van der Waals surface area contributed by atoms with Gasteiger partial charge in [0.05, 0.1) is 17.9 Å². The highest BCUT2D eigenvalue weighted by Crippen LogP contribution is 2.50. The lowest BCUT2D eigenvalue weighted by molar-refractivity contribution is -0.117. The topological polar surface area (TPSA) is 101 Å². The summed E-state index contributed by atoms with van der Waals surface area (Å²) in [5.74, 6) is -0.279. The molecule has 3 atom stereocenters. The summed E-state index contributed by atoms with van der Waals surface area (Å²) >= 11 is 0. The summed E-state index contributed by atoms with van der Waals surface area (Å²) in [6.45, 7) is 5.22. The number of rotatable bonds is 4. The number of nitrogens with two attached hydrogens (primary N) is 1. The Bertz CT molecular complexity index is 991. The largest absolute Gasteiger partial charge is 0.366 e. The Labute approximate surface area is 168 Å². The van der Waals surface area contributed by atoms with Crippen molar-refractivity contribution in [2.45, 2.75) is 45.7 Å². The van der Waals surface area contributed by atoms with Gasteiger partial charge in [-0.1, -0.05) is 6.92 Å². The molecule has 0 bridgehead atoms. The highest BCUT2D eigenvalue weighted by atomic mass is 19.1. The smallest absolute Gasteiger partial charge is 0.248 e. The van der Waals surface area contributed by atoms with Crippen LogP contribution in [0.2, 0.25) is 0 Å². The van der Waals surface area contributed by atoms with Crippen molar-refractivity contribution >= 4 is 23.5 Å². The molecular weight excluding hydrogens is 373 g/mol. The van der Waals surface area contributed by atoms with Crippen LogP contribution in [-0.2, 0) is 4.79 Å². The van der Waals surface area contributed by atoms with Gasteiger partial charge in [-0.15, -0.1) is 0 Å². The lowest BCUT2D eigenvalue weighted by Crippen LogP contribution is -2.51. The fraction of sp³-hybridized carbons (Fsp3) is 0.429. The third-order valence-corrected chi connectivity index (χ3v) is 5.92. The molecule has 0 saturated heterocycles. The predicted octanol–water partition coefficient (Wildman–Crippen LogP) is 2.96. The molecule has 152 valence electrons. The minimum Gasteiger partial charge on any atom is -0.366 e. The Balaban J connectivity index is 1.83. The monoisotopic (exact) mass is 397 g/mol. The Morgan fingerprint density at radius 1 is 1.31 bits per heavy atom. The van der Waals surface area contributed by atoms with Crippen LogP contribution < -0.4 is 16.0 Å². The van der Waals surface area contributed by atoms with E-state index in [2.05, 4.69) is 22.2 Å². The van der Waals surface area contributed by atoms with Gasteiger partial charge in [-0.3, -0.25) is 9.59 Å². The Hall–Kier alpha value is -3.03. The van der Waals surface area contributed by atoms with E-state index < -0.39 is 11.7 Å². The number of hydrogen-bond acceptors (Lipinski definition) is 5. The lowest BCUT2D eigenvalue weighted by atomic mass is 9.79. The molecule has 8 heteroatoms. The number of primary amides is 1. The van der Waals surface area contributed by atoms with Gasteiger partial charge in [-0.25, -0.2) is 14.4 Å². The van der Waals surface area contributed by atoms with Crippen LogP contribution in [-0.4, -0.2) is 27.8 Å². The quantitative estimate of drug-likeness (QED) is 0.826. The molecule has 0 unspecified atom stereocenters. The summed E-state index contributed by atoms with van der Waals surface area (Å²) in [5, 5.41) is 3.31. The average Bonchev–Trinajstić information content (AvgIpc) is 3.50. The Morgan fingerprint density at radius 3 is 2.62 bits per heavy atom. The number of aryl methyl sites for hydroxylation is 1. The molecule has 1 saturated carbocycles. The number of nitrogens with zero attached hydrogens (tertiary/aromatic N) is 3. The zero-order valence-electron chi connectivity index (χ0n) is 16.6. The average molecular weight is 397 g/mol. The zero-order valence-corrected chi connectivity index (χ0v) is 16.6. The number of carbonyl (C=O) groups is 2. The third kappa shape index (κ3) is 3.43. The number of anilines is 2. The minimum atomic E-state index is -0.535. The van der Waals surface area contributed by atoms with E-state index in [4.69, 9.17) is 5.73 Å². The number of carbonyl (C=O) groups excluding carboxylic acids is 2. The zero-order chi connectivity index (χ0) is 20.9. The van der Waals surface area contributed by atoms with Crippen molar-refractivity contribution in [3.05, 3.63) is 47.0 Å². The number of aromatic nitrogens is 2. The maximum atomic E-state index is 13.6. The van der Waals surface area contributed by atoms with Gasteiger partial charge in [0.1, 0.15) is 0 Å². The van der Waals surface area contributed by atoms with Gasteiger partial charge in [0.2, 0.25) is 17.8 Å². The first-order chi connectivity index (χ1) is 13.8. The van der Waals surface area contributed by atoms with Crippen LogP contribution in [0.1, 0.15) is 54.3 Å². The van der Waals surface area contributed by atoms with Crippen LogP contribution >= 0.6 is 0 Å². The molecule has 3 N–H and O–H groups in total. The first kappa shape index (κ1) is 19.3. The highest BCUT2D eigenvalue weighted by Gasteiger charge is 2.47. The van der Waals surface area contributed by atoms with Gasteiger partial charge >= 0.3 is 0 Å². The Morgan fingerprint density at radius 2 is 2.03 bits per heavy atom. The van der Waals surface area contributed by atoms with Crippen LogP contribution in [0.25, 0.3) is 0 Å². The van der Waals surface area contributed by atoms with Crippen LogP contribution in [0.4, 0.5) is 16.0 Å². The van der Waals surface area contributed by atoms with E-state index in [0.717, 1.165) is 30.3 Å². The normalized spacial score (nSPS) is 23.4. The first-order valence-corrected chi connectivity index (χ1v) is 9.77. The van der Waals surface area contributed by atoms with Crippen LogP contribution in [0.5, 0.6) is 0 Å². The van der Waals surface area contributed by atoms with E-state index in [1.807, 2.05) is 4.90 Å². The second-order valence-electron chi connectivity index (χ2n) is 7.96. The van der Waals surface area contributed by atoms with E-state index >= 15 is 0 Å². The first-order valence-electron chi connectivity index (χ1n) is 9.77. The summed E-state index contributed by atoms with van der Waals surface area (Å²) < 4.78 is 13.6. The molecule has 2 heterocycles. The van der Waals surface area contributed by atoms with Gasteiger partial charge in [0.15, 0.2) is 5.82 Å². The van der Waals surface area contributed by atoms with Crippen molar-refractivity contribution in [1.82, 2.24) is 9.97 Å². The number of amides is 2. The van der Waals surface area contributed by atoms with Crippen LogP contribution in [0.15, 0.2) is 24.4 Å². The maximum Gasteiger partial charge on any atom is 0.248 e. The van der Waals surface area contributed by atoms with Crippen molar-refractivity contribution in [3.63, 3.8) is 0 Å². The van der Waals surface area contributed by atoms with Gasteiger partial charge in [0, 0.05) is 30.1 Å². The molecule has 29 heavy (non-hydrogen) atoms. The third-order valence-electron chi connectivity index (χ3n) is 5.92. The molecule has 2 amide bonds. The molecule has 7 nitrogen and oxygen atoms in total. The lowest BCUT2D eigenvalue weighted by Gasteiger charge is -2.45. The number of nitrogens with one attached hydrogen (secondary N) is 1. The van der Waals surface area contributed by atoms with Gasteiger partial charge in [-0.05, 0) is 49.4 Å². The predicted molar refractivity (Wildman–Crippen MR) is 107 cm³/mol. The van der Waals surface area contributed by atoms with Gasteiger partial charge < -0.3 is 16.0 Å². The molecule has 1 aliphatic heterocycles. The maximum absolute atomic E-state index is 13.6. The summed E-state index contributed by atoms with van der Waals surface area (Å²) in [6.07, 6.45) is 3.29. The Kier molecular flexibility index (Phi) is 4.72. The number of benzene rings is 1. The van der Waals surface area contributed by atoms with E-state index in [-0.39, 0.29) is 29.6 Å². The minimum absolute atomic E-state index is 0.0241. The van der Waals surface area contributed by atoms with Gasteiger partial charge in [0.25, 0.3) is 0 Å². The van der Waals surface area contributed by atoms with E-state index in [1.54, 1.807) is 32.0 Å². The highest BCUT2D eigenvalue weighted by molar-refractivity contribution is 5.97. The van der Waals surface area contributed by atoms with Crippen molar-refractivity contribution in [2.24, 2.45) is 17.6 Å². The van der Waals surface area contributed by atoms with Gasteiger partial charge in [-0.2, -0.15) is 0 Å². The summed E-state index contributed by atoms with van der Waals surface area (Å²) in [5.41, 5.74) is 7.65. The molecular formula is C21H24FN5O2. The van der Waals surface area contributed by atoms with E-state index in [9.17, 15) is 14.0 Å². The van der Waals surface area contributed by atoms with Crippen molar-refractivity contribution in [1.29, 1.82) is 0 Å². The molecule has 4 rings (SSSR count). The molecule has 2 aliphatic rings. The second kappa shape index (κ2) is 7.09. The number of fused-ring (bicyclic) bond motifs is 1. The molecule has 1 aromatic carbocycles. The fourth-order valence-electron chi connectivity index (χ4n) is 4.38. The van der Waals surface area contributed by atoms with E-state index in [1.165, 1.54) is 0 Å². The summed E-state index contributed by atoms with van der Waals surface area (Å²) in [7, 11) is 0. The number of halogens is 1. The van der Waals surface area contributed by atoms with Crippen molar-refractivity contribution < 1.29 is 14.0 Å². The van der Waals surface area contributed by atoms with Crippen LogP contribution in [0.3, 0.4) is 0 Å². The van der Waals surface area contributed by atoms with Crippen molar-refractivity contribution in [2.75, 3.05) is 10.2 Å². The number of hydrogen-bond donors (Lipinski definition) is 2. The molecule has 0 radical (unpaired) electrons. The molecule has 1 aliphatic carbocycles. The van der Waals surface area contributed by atoms with Crippen LogP contribution in [0, 0.1) is 24.6 Å². The standard InChI is InChI=1S/C21H24FN5O2/c1-10-18(26-21-24-9-16(22)11(2)25-21)15-8-14(20(23)29)6-7-17(15)27(12(3)28)19(10)13-4-5-13/h6-10,13,18-19H,4-5H2,1-3H3,(H2,23,29)(H,24,25,26)/t10-,18-,19-/m1/s1. The SMILES string of the molecule is CC(=O)N1c2ccc(C(N)=O)cc2[C@H](Nc2ncc(F)c(C)n2)[C@@H](C)[C@@H]1C1CC1. The van der Waals surface area contributed by atoms with E-state index in [0.29, 0.717) is 17.4 Å². The second-order valence-corrected chi connectivity index (χ2v) is 7.96. The summed E-state index contributed by atoms with van der Waals surface area (Å²) in [4.78, 5) is 34.4.